The fourth-order valence-corrected chi connectivity index (χ4v) is 3.61. The molecule has 7 heteroatoms. The molecule has 0 aromatic carbocycles. The smallest absolute Gasteiger partial charge is 0.311 e. The van der Waals surface area contributed by atoms with E-state index in [0.717, 1.165) is 19.3 Å². The Bertz CT molecular complexity index is 538. The van der Waals surface area contributed by atoms with E-state index >= 15 is 0 Å². The number of carbonyl (C=O) groups is 1. The number of carboxylic acids is 1. The molecule has 2 atom stereocenters. The van der Waals surface area contributed by atoms with Gasteiger partial charge in [-0.1, -0.05) is 18.0 Å². The fourth-order valence-electron chi connectivity index (χ4n) is 3.39. The van der Waals surface area contributed by atoms with Crippen molar-refractivity contribution in [3.8, 4) is 0 Å². The molecule has 1 saturated carbocycles. The molecule has 0 spiro atoms. The lowest BCUT2D eigenvalue weighted by Crippen LogP contribution is -2.35. The first-order valence-electron chi connectivity index (χ1n) is 6.29. The number of aliphatic carboxylic acids is 1. The summed E-state index contributed by atoms with van der Waals surface area (Å²) in [6.45, 7) is 1.12. The van der Waals surface area contributed by atoms with Crippen molar-refractivity contribution in [3.05, 3.63) is 11.3 Å². The van der Waals surface area contributed by atoms with Gasteiger partial charge in [-0.3, -0.25) is 4.79 Å². The highest BCUT2D eigenvalue weighted by molar-refractivity contribution is 6.35. The summed E-state index contributed by atoms with van der Waals surface area (Å²) >= 11 is 6.12. The maximum atomic E-state index is 11.6. The molecule has 1 aromatic rings. The van der Waals surface area contributed by atoms with E-state index in [4.69, 9.17) is 17.3 Å². The van der Waals surface area contributed by atoms with Crippen LogP contribution in [0.15, 0.2) is 6.33 Å². The number of carboxylic acid groups (broad SMARTS) is 1. The summed E-state index contributed by atoms with van der Waals surface area (Å²) in [5.41, 5.74) is 5.02. The van der Waals surface area contributed by atoms with Gasteiger partial charge in [0.05, 0.1) is 5.41 Å². The minimum Gasteiger partial charge on any atom is -0.481 e. The Morgan fingerprint density at radius 2 is 2.37 bits per heavy atom. The molecule has 3 rings (SSSR count). The Balaban J connectivity index is 1.94. The number of halogens is 1. The van der Waals surface area contributed by atoms with Crippen LogP contribution in [0.1, 0.15) is 19.3 Å². The van der Waals surface area contributed by atoms with Crippen LogP contribution in [0.4, 0.5) is 11.6 Å². The Labute approximate surface area is 115 Å². The molecule has 0 radical (unpaired) electrons. The van der Waals surface area contributed by atoms with Gasteiger partial charge in [-0.25, -0.2) is 9.97 Å². The lowest BCUT2D eigenvalue weighted by atomic mass is 9.81. The van der Waals surface area contributed by atoms with Crippen LogP contribution in [0.5, 0.6) is 0 Å². The van der Waals surface area contributed by atoms with Crippen LogP contribution < -0.4 is 10.6 Å². The van der Waals surface area contributed by atoms with Crippen LogP contribution in [0.25, 0.3) is 0 Å². The summed E-state index contributed by atoms with van der Waals surface area (Å²) in [6.07, 6.45) is 4.01. The van der Waals surface area contributed by atoms with Crippen molar-refractivity contribution < 1.29 is 9.90 Å². The minimum absolute atomic E-state index is 0.164. The molecule has 0 amide bonds. The van der Waals surface area contributed by atoms with Crippen molar-refractivity contribution in [1.82, 2.24) is 9.97 Å². The lowest BCUT2D eigenvalue weighted by Gasteiger charge is -2.24. The van der Waals surface area contributed by atoms with Gasteiger partial charge < -0.3 is 15.7 Å². The van der Waals surface area contributed by atoms with E-state index in [1.807, 2.05) is 4.90 Å². The highest BCUT2D eigenvalue weighted by atomic mass is 35.5. The molecule has 1 aliphatic heterocycles. The highest BCUT2D eigenvalue weighted by Gasteiger charge is 2.55. The second kappa shape index (κ2) is 4.23. The van der Waals surface area contributed by atoms with Crippen LogP contribution in [0.3, 0.4) is 0 Å². The number of nitrogen functional groups attached to an aromatic ring is 1. The number of hydrogen-bond acceptors (Lipinski definition) is 5. The van der Waals surface area contributed by atoms with Crippen molar-refractivity contribution in [2.45, 2.75) is 19.3 Å². The zero-order valence-electron chi connectivity index (χ0n) is 10.3. The zero-order valence-corrected chi connectivity index (χ0v) is 11.1. The molecule has 2 aliphatic rings. The van der Waals surface area contributed by atoms with Gasteiger partial charge in [0.25, 0.3) is 0 Å². The van der Waals surface area contributed by atoms with Crippen molar-refractivity contribution >= 4 is 29.2 Å². The Kier molecular flexibility index (Phi) is 2.78. The molecule has 102 valence electrons. The number of nitrogens with zero attached hydrogens (tertiary/aromatic N) is 3. The van der Waals surface area contributed by atoms with Gasteiger partial charge in [0.1, 0.15) is 17.2 Å². The average molecular weight is 283 g/mol. The Morgan fingerprint density at radius 3 is 3.05 bits per heavy atom. The molecule has 2 fully saturated rings. The van der Waals surface area contributed by atoms with Gasteiger partial charge in [0.15, 0.2) is 5.82 Å². The Hall–Kier alpha value is -1.56. The summed E-state index contributed by atoms with van der Waals surface area (Å²) in [6, 6.07) is 0. The van der Waals surface area contributed by atoms with E-state index in [1.165, 1.54) is 6.33 Å². The van der Waals surface area contributed by atoms with Crippen LogP contribution in [-0.4, -0.2) is 34.1 Å². The summed E-state index contributed by atoms with van der Waals surface area (Å²) in [7, 11) is 0. The van der Waals surface area contributed by atoms with Gasteiger partial charge in [-0.05, 0) is 18.8 Å². The van der Waals surface area contributed by atoms with Crippen LogP contribution in [0.2, 0.25) is 5.02 Å². The van der Waals surface area contributed by atoms with Crippen LogP contribution in [0, 0.1) is 11.3 Å². The SMILES string of the molecule is Nc1ncnc(N2C[C@@H]3CCC[C@@]3(C(=O)O)C2)c1Cl. The second-order valence-electron chi connectivity index (χ2n) is 5.33. The van der Waals surface area contributed by atoms with E-state index in [-0.39, 0.29) is 11.7 Å². The topological polar surface area (TPSA) is 92.3 Å². The zero-order chi connectivity index (χ0) is 13.6. The molecular formula is C12H15ClN4O2. The van der Waals surface area contributed by atoms with Crippen molar-refractivity contribution in [2.24, 2.45) is 11.3 Å². The summed E-state index contributed by atoms with van der Waals surface area (Å²) in [5, 5.41) is 9.85. The van der Waals surface area contributed by atoms with E-state index in [0.29, 0.717) is 23.9 Å². The van der Waals surface area contributed by atoms with E-state index in [9.17, 15) is 9.90 Å². The average Bonchev–Trinajstić information content (AvgIpc) is 2.90. The summed E-state index contributed by atoms with van der Waals surface area (Å²) < 4.78 is 0. The van der Waals surface area contributed by atoms with Gasteiger partial charge >= 0.3 is 5.97 Å². The standard InChI is InChI=1S/C12H15ClN4O2/c13-8-9(14)15-6-16-10(8)17-4-7-2-1-3-12(7,5-17)11(18)19/h6-7H,1-5H2,(H,18,19)(H2,14,15,16)/t7-,12+/m0/s1. The Morgan fingerprint density at radius 1 is 1.58 bits per heavy atom. The first-order chi connectivity index (χ1) is 9.04. The van der Waals surface area contributed by atoms with E-state index in [2.05, 4.69) is 9.97 Å². The number of anilines is 2. The van der Waals surface area contributed by atoms with E-state index in [1.54, 1.807) is 0 Å². The third kappa shape index (κ3) is 1.74. The number of hydrogen-bond donors (Lipinski definition) is 2. The molecule has 1 aliphatic carbocycles. The number of aromatic nitrogens is 2. The van der Waals surface area contributed by atoms with Crippen LogP contribution >= 0.6 is 11.6 Å². The van der Waals surface area contributed by atoms with Crippen molar-refractivity contribution in [3.63, 3.8) is 0 Å². The largest absolute Gasteiger partial charge is 0.481 e. The van der Waals surface area contributed by atoms with Crippen LogP contribution in [-0.2, 0) is 4.79 Å². The molecule has 2 heterocycles. The van der Waals surface area contributed by atoms with Gasteiger partial charge in [0, 0.05) is 13.1 Å². The quantitative estimate of drug-likeness (QED) is 0.852. The first-order valence-corrected chi connectivity index (χ1v) is 6.67. The molecule has 1 saturated heterocycles. The maximum absolute atomic E-state index is 11.6. The molecule has 19 heavy (non-hydrogen) atoms. The third-order valence-corrected chi connectivity index (χ3v) is 4.76. The first kappa shape index (κ1) is 12.5. The van der Waals surface area contributed by atoms with Gasteiger partial charge in [-0.15, -0.1) is 0 Å². The normalized spacial score (nSPS) is 29.5. The molecule has 1 aromatic heterocycles. The van der Waals surface area contributed by atoms with Gasteiger partial charge in [-0.2, -0.15) is 0 Å². The summed E-state index contributed by atoms with van der Waals surface area (Å²) in [4.78, 5) is 21.5. The predicted octanol–water partition coefficient (Wildman–Crippen LogP) is 1.40. The van der Waals surface area contributed by atoms with Crippen molar-refractivity contribution in [1.29, 1.82) is 0 Å². The number of nitrogens with two attached hydrogens (primary N) is 1. The maximum Gasteiger partial charge on any atom is 0.311 e. The molecular weight excluding hydrogens is 268 g/mol. The molecule has 0 unspecified atom stereocenters. The molecule has 6 nitrogen and oxygen atoms in total. The second-order valence-corrected chi connectivity index (χ2v) is 5.71. The third-order valence-electron chi connectivity index (χ3n) is 4.39. The molecule has 3 N–H and O–H groups in total. The van der Waals surface area contributed by atoms with Gasteiger partial charge in [0.2, 0.25) is 0 Å². The highest BCUT2D eigenvalue weighted by Crippen LogP contribution is 2.50. The summed E-state index contributed by atoms with van der Waals surface area (Å²) in [5.74, 6) is 0.227. The number of rotatable bonds is 2. The minimum atomic E-state index is -0.712. The predicted molar refractivity (Wildman–Crippen MR) is 71.1 cm³/mol. The van der Waals surface area contributed by atoms with E-state index < -0.39 is 11.4 Å². The number of fused-ring (bicyclic) bond motifs is 1. The van der Waals surface area contributed by atoms with Crippen molar-refractivity contribution in [2.75, 3.05) is 23.7 Å². The monoisotopic (exact) mass is 282 g/mol. The lowest BCUT2D eigenvalue weighted by molar-refractivity contribution is -0.149. The molecule has 0 bridgehead atoms. The fraction of sp³-hybridized carbons (Fsp3) is 0.583.